The number of nitrogens with one attached hydrogen (secondary N) is 1. The van der Waals surface area contributed by atoms with E-state index in [-0.39, 0.29) is 12.0 Å². The molecule has 3 aromatic rings. The molecule has 0 saturated heterocycles. The van der Waals surface area contributed by atoms with Crippen LogP contribution in [0.15, 0.2) is 33.5 Å². The first kappa shape index (κ1) is 9.17. The maximum absolute atomic E-state index is 5.95. The Hall–Kier alpha value is -2.08. The first-order chi connectivity index (χ1) is 7.83. The number of para-hydroxylation sites is 1. The van der Waals surface area contributed by atoms with Gasteiger partial charge in [-0.3, -0.25) is 5.32 Å². The molecule has 2 aromatic heterocycles. The number of benzene rings is 1. The number of halogens is 1. The normalized spacial score (nSPS) is 10.8. The summed E-state index contributed by atoms with van der Waals surface area (Å²) in [5.74, 6) is 0. The summed E-state index contributed by atoms with van der Waals surface area (Å²) in [5.41, 5.74) is 1.18. The topological polar surface area (TPSA) is 77.0 Å². The first-order valence-corrected chi connectivity index (χ1v) is 4.79. The molecule has 6 nitrogen and oxygen atoms in total. The molecule has 1 aromatic carbocycles. The van der Waals surface area contributed by atoms with E-state index >= 15 is 0 Å². The molecule has 0 atom stereocenters. The van der Waals surface area contributed by atoms with Crippen LogP contribution in [0.2, 0.25) is 5.02 Å². The second-order valence-electron chi connectivity index (χ2n) is 2.98. The van der Waals surface area contributed by atoms with Gasteiger partial charge in [-0.05, 0) is 12.1 Å². The fourth-order valence-electron chi connectivity index (χ4n) is 1.29. The molecule has 0 saturated carbocycles. The van der Waals surface area contributed by atoms with E-state index in [0.29, 0.717) is 16.1 Å². The minimum absolute atomic E-state index is 0.211. The number of fused-ring (bicyclic) bond motifs is 1. The Balaban J connectivity index is 2.02. The van der Waals surface area contributed by atoms with Crippen LogP contribution in [-0.4, -0.2) is 15.1 Å². The Bertz CT molecular complexity index is 620. The Kier molecular flexibility index (Phi) is 2.00. The van der Waals surface area contributed by atoms with Crippen LogP contribution in [0.5, 0.6) is 0 Å². The van der Waals surface area contributed by atoms with Gasteiger partial charge in [0.05, 0.1) is 5.02 Å². The highest BCUT2D eigenvalue weighted by molar-refractivity contribution is 6.34. The van der Waals surface area contributed by atoms with Crippen LogP contribution in [0.25, 0.3) is 11.1 Å². The molecule has 0 radical (unpaired) electrons. The first-order valence-electron chi connectivity index (χ1n) is 4.42. The number of aromatic nitrogens is 3. The van der Waals surface area contributed by atoms with Crippen molar-refractivity contribution in [2.24, 2.45) is 0 Å². The number of anilines is 2. The zero-order valence-electron chi connectivity index (χ0n) is 7.85. The molecule has 80 valence electrons. The molecule has 0 fully saturated rings. The molecule has 16 heavy (non-hydrogen) atoms. The molecule has 0 aliphatic carbocycles. The lowest BCUT2D eigenvalue weighted by Gasteiger charge is -1.90. The van der Waals surface area contributed by atoms with Crippen molar-refractivity contribution in [3.8, 4) is 0 Å². The van der Waals surface area contributed by atoms with Gasteiger partial charge in [-0.15, -0.1) is 0 Å². The van der Waals surface area contributed by atoms with Gasteiger partial charge in [0.15, 0.2) is 11.9 Å². The molecule has 0 bridgehead atoms. The summed E-state index contributed by atoms with van der Waals surface area (Å²) < 4.78 is 10.1. The summed E-state index contributed by atoms with van der Waals surface area (Å²) in [6, 6.07) is 5.76. The fourth-order valence-corrected chi connectivity index (χ4v) is 1.50. The third kappa shape index (κ3) is 1.49. The van der Waals surface area contributed by atoms with Gasteiger partial charge in [0.25, 0.3) is 0 Å². The van der Waals surface area contributed by atoms with Gasteiger partial charge in [-0.2, -0.15) is 9.97 Å². The number of nitrogens with zero attached hydrogens (tertiary/aromatic N) is 3. The molecule has 0 aliphatic heterocycles. The zero-order valence-corrected chi connectivity index (χ0v) is 8.60. The number of oxazole rings is 1. The Morgan fingerprint density at radius 1 is 1.25 bits per heavy atom. The highest BCUT2D eigenvalue weighted by Crippen LogP contribution is 2.26. The van der Waals surface area contributed by atoms with E-state index in [9.17, 15) is 0 Å². The van der Waals surface area contributed by atoms with Gasteiger partial charge in [0.1, 0.15) is 5.52 Å². The second-order valence-corrected chi connectivity index (χ2v) is 3.38. The van der Waals surface area contributed by atoms with Gasteiger partial charge >= 0.3 is 12.0 Å². The van der Waals surface area contributed by atoms with E-state index in [0.717, 1.165) is 0 Å². The van der Waals surface area contributed by atoms with Crippen LogP contribution in [0.4, 0.5) is 12.0 Å². The van der Waals surface area contributed by atoms with E-state index in [4.69, 9.17) is 20.5 Å². The molecule has 7 heteroatoms. The quantitative estimate of drug-likeness (QED) is 0.737. The van der Waals surface area contributed by atoms with Crippen LogP contribution < -0.4 is 5.32 Å². The van der Waals surface area contributed by atoms with Gasteiger partial charge < -0.3 is 8.94 Å². The smallest absolute Gasteiger partial charge is 0.329 e. The van der Waals surface area contributed by atoms with Crippen LogP contribution in [0, 0.1) is 0 Å². The monoisotopic (exact) mass is 236 g/mol. The molecule has 2 heterocycles. The van der Waals surface area contributed by atoms with E-state index in [1.807, 2.05) is 0 Å². The van der Waals surface area contributed by atoms with Gasteiger partial charge in [0, 0.05) is 0 Å². The SMILES string of the molecule is Clc1cccc2oc(Nc3ncno3)nc12. The summed E-state index contributed by atoms with van der Waals surface area (Å²) in [4.78, 5) is 7.93. The zero-order chi connectivity index (χ0) is 11.0. The average Bonchev–Trinajstić information content (AvgIpc) is 2.88. The average molecular weight is 237 g/mol. The largest absolute Gasteiger partial charge is 0.423 e. The highest BCUT2D eigenvalue weighted by atomic mass is 35.5. The molecule has 1 N–H and O–H groups in total. The van der Waals surface area contributed by atoms with E-state index in [2.05, 4.69) is 20.4 Å². The third-order valence-electron chi connectivity index (χ3n) is 1.94. The molecule has 3 rings (SSSR count). The number of hydrogen-bond acceptors (Lipinski definition) is 6. The fraction of sp³-hybridized carbons (Fsp3) is 0. The van der Waals surface area contributed by atoms with E-state index < -0.39 is 0 Å². The van der Waals surface area contributed by atoms with Crippen molar-refractivity contribution in [3.05, 3.63) is 29.5 Å². The van der Waals surface area contributed by atoms with Gasteiger partial charge in [-0.25, -0.2) is 0 Å². The molecular formula is C9H5ClN4O2. The second kappa shape index (κ2) is 3.49. The van der Waals surface area contributed by atoms with Crippen molar-refractivity contribution in [1.29, 1.82) is 0 Å². The number of rotatable bonds is 2. The summed E-state index contributed by atoms with van der Waals surface area (Å²) in [5, 5.41) is 6.70. The van der Waals surface area contributed by atoms with Gasteiger partial charge in [-0.1, -0.05) is 22.8 Å². The van der Waals surface area contributed by atoms with Crippen LogP contribution >= 0.6 is 11.6 Å². The molecular weight excluding hydrogens is 232 g/mol. The van der Waals surface area contributed by atoms with Crippen molar-refractivity contribution >= 4 is 34.7 Å². The maximum atomic E-state index is 5.95. The Labute approximate surface area is 94.2 Å². The Morgan fingerprint density at radius 3 is 2.94 bits per heavy atom. The lowest BCUT2D eigenvalue weighted by atomic mass is 10.3. The standard InChI is InChI=1S/C9H5ClN4O2/c10-5-2-1-3-6-7(5)13-9(15-6)14-8-11-4-12-16-8/h1-4H,(H,11,12,13,14). The van der Waals surface area contributed by atoms with Gasteiger partial charge in [0.2, 0.25) is 0 Å². The molecule has 0 unspecified atom stereocenters. The predicted molar refractivity (Wildman–Crippen MR) is 56.6 cm³/mol. The van der Waals surface area contributed by atoms with Crippen molar-refractivity contribution < 1.29 is 8.94 Å². The molecule has 0 amide bonds. The lowest BCUT2D eigenvalue weighted by molar-refractivity contribution is 0.430. The van der Waals surface area contributed by atoms with Crippen molar-refractivity contribution in [2.75, 3.05) is 5.32 Å². The number of hydrogen-bond donors (Lipinski definition) is 1. The predicted octanol–water partition coefficient (Wildman–Crippen LogP) is 2.61. The van der Waals surface area contributed by atoms with Crippen molar-refractivity contribution in [3.63, 3.8) is 0 Å². The van der Waals surface area contributed by atoms with E-state index in [1.165, 1.54) is 6.33 Å². The maximum Gasteiger partial charge on any atom is 0.329 e. The minimum Gasteiger partial charge on any atom is -0.423 e. The van der Waals surface area contributed by atoms with E-state index in [1.54, 1.807) is 18.2 Å². The lowest BCUT2D eigenvalue weighted by Crippen LogP contribution is -1.89. The summed E-state index contributed by atoms with van der Waals surface area (Å²) in [7, 11) is 0. The summed E-state index contributed by atoms with van der Waals surface area (Å²) in [6.45, 7) is 0. The minimum atomic E-state index is 0.211. The molecule has 0 aliphatic rings. The summed E-state index contributed by atoms with van der Waals surface area (Å²) in [6.07, 6.45) is 1.28. The van der Waals surface area contributed by atoms with Crippen LogP contribution in [0.3, 0.4) is 0 Å². The van der Waals surface area contributed by atoms with Crippen molar-refractivity contribution in [2.45, 2.75) is 0 Å². The third-order valence-corrected chi connectivity index (χ3v) is 2.25. The van der Waals surface area contributed by atoms with Crippen molar-refractivity contribution in [1.82, 2.24) is 15.1 Å². The molecule has 0 spiro atoms. The van der Waals surface area contributed by atoms with Crippen LogP contribution in [-0.2, 0) is 0 Å². The Morgan fingerprint density at radius 2 is 2.19 bits per heavy atom. The summed E-state index contributed by atoms with van der Waals surface area (Å²) >= 11 is 5.95. The van der Waals surface area contributed by atoms with Crippen LogP contribution in [0.1, 0.15) is 0 Å². The highest BCUT2D eigenvalue weighted by Gasteiger charge is 2.10.